The number of rotatable bonds is 3. The molecule has 5 nitrogen and oxygen atoms in total. The minimum absolute atomic E-state index is 0.0702. The summed E-state index contributed by atoms with van der Waals surface area (Å²) in [6.45, 7) is 2.50. The number of aromatic hydroxyl groups is 1. The number of hydrogen-bond donors (Lipinski definition) is 2. The summed E-state index contributed by atoms with van der Waals surface area (Å²) in [6, 6.07) is 7.03. The van der Waals surface area contributed by atoms with E-state index in [0.717, 1.165) is 5.75 Å². The van der Waals surface area contributed by atoms with Crippen molar-refractivity contribution in [3.05, 3.63) is 34.6 Å². The van der Waals surface area contributed by atoms with Gasteiger partial charge in [0.15, 0.2) is 0 Å². The zero-order valence-corrected chi connectivity index (χ0v) is 9.73. The Kier molecular flexibility index (Phi) is 2.91. The zero-order chi connectivity index (χ0) is 12.4. The van der Waals surface area contributed by atoms with E-state index in [1.807, 2.05) is 6.92 Å². The number of hydrogen-bond acceptors (Lipinski definition) is 3. The molecule has 0 amide bonds. The maximum atomic E-state index is 11.6. The third kappa shape index (κ3) is 2.04. The predicted molar refractivity (Wildman–Crippen MR) is 64.3 cm³/mol. The number of nitrogens with zero attached hydrogens (tertiary/aromatic N) is 1. The maximum absolute atomic E-state index is 11.6. The first kappa shape index (κ1) is 11.3. The van der Waals surface area contributed by atoms with Crippen molar-refractivity contribution in [1.82, 2.24) is 9.78 Å². The Balaban J connectivity index is 2.43. The molecule has 0 spiro atoms. The van der Waals surface area contributed by atoms with Gasteiger partial charge in [0.2, 0.25) is 5.88 Å². The second-order valence-electron chi connectivity index (χ2n) is 3.66. The van der Waals surface area contributed by atoms with E-state index in [-0.39, 0.29) is 17.0 Å². The predicted octanol–water partition coefficient (Wildman–Crippen LogP) is 1.48. The molecule has 0 saturated carbocycles. The van der Waals surface area contributed by atoms with Gasteiger partial charge in [-0.1, -0.05) is 12.1 Å². The standard InChI is InChI=1S/C12H14N2O3/c1-3-17-9-6-4-8(5-7-9)10-11(15)13-14(2)12(10)16/h4-7,16H,3H2,1-2H3,(H,13,15). The Bertz CT molecular complexity index is 566. The molecule has 0 radical (unpaired) electrons. The van der Waals surface area contributed by atoms with Crippen LogP contribution in [0, 0.1) is 0 Å². The normalized spacial score (nSPS) is 10.5. The lowest BCUT2D eigenvalue weighted by Crippen LogP contribution is -2.03. The Morgan fingerprint density at radius 3 is 2.47 bits per heavy atom. The average molecular weight is 234 g/mol. The molecular formula is C12H14N2O3. The number of H-pyrrole nitrogens is 1. The van der Waals surface area contributed by atoms with Crippen LogP contribution in [0.15, 0.2) is 29.1 Å². The quantitative estimate of drug-likeness (QED) is 0.845. The van der Waals surface area contributed by atoms with Crippen molar-refractivity contribution in [2.24, 2.45) is 7.05 Å². The van der Waals surface area contributed by atoms with Crippen LogP contribution in [0.4, 0.5) is 0 Å². The molecule has 90 valence electrons. The number of ether oxygens (including phenoxy) is 1. The largest absolute Gasteiger partial charge is 0.494 e. The number of benzene rings is 1. The van der Waals surface area contributed by atoms with Crippen LogP contribution in [0.25, 0.3) is 11.1 Å². The Hall–Kier alpha value is -2.17. The van der Waals surface area contributed by atoms with Crippen molar-refractivity contribution in [2.45, 2.75) is 6.92 Å². The van der Waals surface area contributed by atoms with Crippen molar-refractivity contribution in [2.75, 3.05) is 6.61 Å². The van der Waals surface area contributed by atoms with Gasteiger partial charge < -0.3 is 9.84 Å². The average Bonchev–Trinajstić information content (AvgIpc) is 2.55. The summed E-state index contributed by atoms with van der Waals surface area (Å²) in [5.74, 6) is 0.669. The molecule has 2 rings (SSSR count). The van der Waals surface area contributed by atoms with Crippen molar-refractivity contribution in [1.29, 1.82) is 0 Å². The van der Waals surface area contributed by atoms with Crippen LogP contribution in [0.3, 0.4) is 0 Å². The summed E-state index contributed by atoms with van der Waals surface area (Å²) in [6.07, 6.45) is 0. The highest BCUT2D eigenvalue weighted by molar-refractivity contribution is 5.68. The summed E-state index contributed by atoms with van der Waals surface area (Å²) in [7, 11) is 1.58. The first-order chi connectivity index (χ1) is 8.13. The highest BCUT2D eigenvalue weighted by Gasteiger charge is 2.13. The summed E-state index contributed by atoms with van der Waals surface area (Å²) in [4.78, 5) is 11.6. The highest BCUT2D eigenvalue weighted by Crippen LogP contribution is 2.26. The second-order valence-corrected chi connectivity index (χ2v) is 3.66. The summed E-state index contributed by atoms with van der Waals surface area (Å²) in [5, 5.41) is 12.2. The van der Waals surface area contributed by atoms with E-state index in [4.69, 9.17) is 4.74 Å². The highest BCUT2D eigenvalue weighted by atomic mass is 16.5. The summed E-state index contributed by atoms with van der Waals surface area (Å²) < 4.78 is 6.59. The first-order valence-electron chi connectivity index (χ1n) is 5.34. The lowest BCUT2D eigenvalue weighted by Gasteiger charge is -2.03. The smallest absolute Gasteiger partial charge is 0.275 e. The second kappa shape index (κ2) is 4.37. The van der Waals surface area contributed by atoms with Gasteiger partial charge in [-0.3, -0.25) is 14.6 Å². The lowest BCUT2D eigenvalue weighted by atomic mass is 10.1. The van der Waals surface area contributed by atoms with Gasteiger partial charge in [-0.2, -0.15) is 0 Å². The number of aryl methyl sites for hydroxylation is 1. The van der Waals surface area contributed by atoms with Gasteiger partial charge in [-0.15, -0.1) is 0 Å². The fourth-order valence-electron chi connectivity index (χ4n) is 1.68. The molecule has 0 bridgehead atoms. The van der Waals surface area contributed by atoms with Crippen molar-refractivity contribution in [3.63, 3.8) is 0 Å². The SMILES string of the molecule is CCOc1ccc(-c2c(O)n(C)[nH]c2=O)cc1. The van der Waals surface area contributed by atoms with Gasteiger partial charge in [-0.25, -0.2) is 0 Å². The van der Waals surface area contributed by atoms with Crippen LogP contribution >= 0.6 is 0 Å². The Morgan fingerprint density at radius 1 is 1.35 bits per heavy atom. The molecule has 0 atom stereocenters. The third-order valence-electron chi connectivity index (χ3n) is 2.49. The summed E-state index contributed by atoms with van der Waals surface area (Å²) >= 11 is 0. The number of aromatic nitrogens is 2. The van der Waals surface area contributed by atoms with Crippen molar-refractivity contribution < 1.29 is 9.84 Å². The van der Waals surface area contributed by atoms with E-state index in [9.17, 15) is 9.90 Å². The zero-order valence-electron chi connectivity index (χ0n) is 9.73. The van der Waals surface area contributed by atoms with Crippen LogP contribution < -0.4 is 10.3 Å². The van der Waals surface area contributed by atoms with Gasteiger partial charge in [0.25, 0.3) is 5.56 Å². The topological polar surface area (TPSA) is 67.2 Å². The fraction of sp³-hybridized carbons (Fsp3) is 0.250. The van der Waals surface area contributed by atoms with E-state index in [1.165, 1.54) is 4.68 Å². The van der Waals surface area contributed by atoms with Gasteiger partial charge in [-0.05, 0) is 24.6 Å². The minimum atomic E-state index is -0.311. The molecule has 0 aliphatic rings. The van der Waals surface area contributed by atoms with Crippen LogP contribution in [0.2, 0.25) is 0 Å². The monoisotopic (exact) mass is 234 g/mol. The van der Waals surface area contributed by atoms with Crippen molar-refractivity contribution >= 4 is 0 Å². The molecule has 0 aliphatic carbocycles. The first-order valence-corrected chi connectivity index (χ1v) is 5.34. The van der Waals surface area contributed by atoms with Crippen LogP contribution in [0.1, 0.15) is 6.92 Å². The van der Waals surface area contributed by atoms with E-state index >= 15 is 0 Å². The molecule has 1 aromatic heterocycles. The van der Waals surface area contributed by atoms with E-state index in [1.54, 1.807) is 31.3 Å². The summed E-state index contributed by atoms with van der Waals surface area (Å²) in [5.41, 5.74) is 0.623. The van der Waals surface area contributed by atoms with Gasteiger partial charge >= 0.3 is 0 Å². The molecule has 1 aromatic carbocycles. The third-order valence-corrected chi connectivity index (χ3v) is 2.49. The van der Waals surface area contributed by atoms with E-state index in [2.05, 4.69) is 5.10 Å². The molecule has 0 unspecified atom stereocenters. The van der Waals surface area contributed by atoms with E-state index in [0.29, 0.717) is 12.2 Å². The molecule has 0 saturated heterocycles. The molecule has 2 aromatic rings. The molecular weight excluding hydrogens is 220 g/mol. The van der Waals surface area contributed by atoms with Crippen LogP contribution in [0.5, 0.6) is 11.6 Å². The lowest BCUT2D eigenvalue weighted by molar-refractivity contribution is 0.340. The Labute approximate surface area is 98.3 Å². The Morgan fingerprint density at radius 2 is 2.00 bits per heavy atom. The minimum Gasteiger partial charge on any atom is -0.494 e. The fourth-order valence-corrected chi connectivity index (χ4v) is 1.68. The number of aromatic amines is 1. The molecule has 0 fully saturated rings. The van der Waals surface area contributed by atoms with E-state index < -0.39 is 0 Å². The molecule has 1 heterocycles. The van der Waals surface area contributed by atoms with Crippen LogP contribution in [-0.4, -0.2) is 21.5 Å². The van der Waals surface area contributed by atoms with Crippen molar-refractivity contribution in [3.8, 4) is 22.8 Å². The molecule has 0 aliphatic heterocycles. The van der Waals surface area contributed by atoms with Gasteiger partial charge in [0.1, 0.15) is 11.3 Å². The van der Waals surface area contributed by atoms with Gasteiger partial charge in [0.05, 0.1) is 6.61 Å². The molecule has 17 heavy (non-hydrogen) atoms. The van der Waals surface area contributed by atoms with Gasteiger partial charge in [0, 0.05) is 7.05 Å². The molecule has 2 N–H and O–H groups in total. The number of nitrogens with one attached hydrogen (secondary N) is 1. The maximum Gasteiger partial charge on any atom is 0.275 e. The van der Waals surface area contributed by atoms with Crippen LogP contribution in [-0.2, 0) is 7.05 Å². The molecule has 5 heteroatoms.